The van der Waals surface area contributed by atoms with Gasteiger partial charge in [-0.2, -0.15) is 0 Å². The van der Waals surface area contributed by atoms with Crippen molar-refractivity contribution in [2.24, 2.45) is 0 Å². The van der Waals surface area contributed by atoms with Gasteiger partial charge >= 0.3 is 0 Å². The first-order valence-electron chi connectivity index (χ1n) is 21.5. The fraction of sp³-hybridized carbons (Fsp3) is 0.302. The average Bonchev–Trinajstić information content (AvgIpc) is 3.69. The predicted molar refractivity (Wildman–Crippen MR) is 245 cm³/mol. The number of benzene rings is 5. The molecule has 0 atom stereocenters. The van der Waals surface area contributed by atoms with Crippen LogP contribution < -0.4 is 14.5 Å². The summed E-state index contributed by atoms with van der Waals surface area (Å²) in [5.74, 6) is 2.20. The fourth-order valence-electron chi connectivity index (χ4n) is 7.84. The van der Waals surface area contributed by atoms with Crippen LogP contribution in [0.25, 0.3) is 27.6 Å². The second-order valence-corrected chi connectivity index (χ2v) is 19.5. The van der Waals surface area contributed by atoms with E-state index in [2.05, 4.69) is 172 Å². The Hall–Kier alpha value is -5.81. The smallest absolute Gasteiger partial charge is 0.137 e. The SMILES string of the molecule is [2H]C1=C([2H])N(c2cc(C(C)(C)C)cc(C(C)(C)C)c2)CN1c1cccc(Oc2ccc3c4cc(C(C)(C)c5ccccc5)ccc4n(-c4cc(C(C)(C)C)ccn4)c3c2)c1. The Morgan fingerprint density at radius 2 is 1.16 bits per heavy atom. The van der Waals surface area contributed by atoms with Gasteiger partial charge in [-0.3, -0.25) is 4.57 Å². The van der Waals surface area contributed by atoms with Crippen LogP contribution in [0.3, 0.4) is 0 Å². The molecule has 3 heterocycles. The molecule has 58 heavy (non-hydrogen) atoms. The molecule has 0 bridgehead atoms. The van der Waals surface area contributed by atoms with E-state index < -0.39 is 0 Å². The molecule has 0 spiro atoms. The molecule has 1 aliphatic heterocycles. The van der Waals surface area contributed by atoms with Gasteiger partial charge in [-0.25, -0.2) is 4.98 Å². The normalized spacial score (nSPS) is 14.7. The van der Waals surface area contributed by atoms with Crippen molar-refractivity contribution >= 4 is 33.2 Å². The first-order valence-corrected chi connectivity index (χ1v) is 20.5. The van der Waals surface area contributed by atoms with E-state index in [1.54, 1.807) is 0 Å². The van der Waals surface area contributed by atoms with E-state index in [1.807, 2.05) is 46.3 Å². The van der Waals surface area contributed by atoms with Crippen LogP contribution >= 0.6 is 0 Å². The molecular formula is C53H58N4O. The molecule has 2 aromatic heterocycles. The van der Waals surface area contributed by atoms with Gasteiger partial charge in [0.05, 0.1) is 20.4 Å². The van der Waals surface area contributed by atoms with Crippen LogP contribution in [0.15, 0.2) is 140 Å². The second-order valence-electron chi connectivity index (χ2n) is 19.5. The number of fused-ring (bicyclic) bond motifs is 3. The molecular weight excluding hydrogens is 709 g/mol. The first-order chi connectivity index (χ1) is 28.2. The van der Waals surface area contributed by atoms with E-state index in [9.17, 15) is 0 Å². The standard InChI is InChI=1S/C53H58N4O/c1-50(2,3)37-24-25-54-49(32-37)57-47-23-20-38(53(10,11)36-16-13-12-14-17-36)31-46(47)45-22-21-44(34-48(45)57)58-43-19-15-18-41(33-43)55-26-27-56(35-55)42-29-39(51(4,5)6)28-40(30-42)52(7,8)9/h12-34H,35H2,1-11H3/i26D,27D. The Morgan fingerprint density at radius 1 is 0.500 bits per heavy atom. The lowest BCUT2D eigenvalue weighted by Crippen LogP contribution is -2.26. The summed E-state index contributed by atoms with van der Waals surface area (Å²) in [5, 5.41) is 2.28. The first kappa shape index (κ1) is 36.5. The highest BCUT2D eigenvalue weighted by molar-refractivity contribution is 6.09. The molecule has 0 saturated heterocycles. The van der Waals surface area contributed by atoms with E-state index >= 15 is 0 Å². The molecule has 1 aliphatic rings. The van der Waals surface area contributed by atoms with Crippen LogP contribution in [0.2, 0.25) is 0 Å². The molecule has 0 saturated carbocycles. The lowest BCUT2D eigenvalue weighted by atomic mass is 9.78. The van der Waals surface area contributed by atoms with Gasteiger partial charge < -0.3 is 14.5 Å². The molecule has 5 aromatic carbocycles. The highest BCUT2D eigenvalue weighted by atomic mass is 16.5. The zero-order valence-corrected chi connectivity index (χ0v) is 36.0. The molecule has 0 radical (unpaired) electrons. The monoisotopic (exact) mass is 768 g/mol. The van der Waals surface area contributed by atoms with Crippen LogP contribution in [0.5, 0.6) is 11.5 Å². The van der Waals surface area contributed by atoms with E-state index in [0.717, 1.165) is 39.0 Å². The van der Waals surface area contributed by atoms with Crippen molar-refractivity contribution in [1.29, 1.82) is 0 Å². The third-order valence-electron chi connectivity index (χ3n) is 11.7. The summed E-state index contributed by atoms with van der Waals surface area (Å²) in [4.78, 5) is 8.74. The van der Waals surface area contributed by atoms with Crippen LogP contribution in [0, 0.1) is 0 Å². The summed E-state index contributed by atoms with van der Waals surface area (Å²) >= 11 is 0. The topological polar surface area (TPSA) is 33.5 Å². The summed E-state index contributed by atoms with van der Waals surface area (Å²) in [6.07, 6.45) is 2.23. The molecule has 0 unspecified atom stereocenters. The van der Waals surface area contributed by atoms with Crippen LogP contribution in [-0.2, 0) is 21.7 Å². The van der Waals surface area contributed by atoms with Gasteiger partial charge in [0.2, 0.25) is 0 Å². The molecule has 5 nitrogen and oxygen atoms in total. The molecule has 5 heteroatoms. The van der Waals surface area contributed by atoms with Gasteiger partial charge in [0.15, 0.2) is 0 Å². The van der Waals surface area contributed by atoms with Crippen molar-refractivity contribution in [1.82, 2.24) is 9.55 Å². The number of hydrogen-bond acceptors (Lipinski definition) is 4. The molecule has 7 aromatic rings. The van der Waals surface area contributed by atoms with Crippen molar-refractivity contribution < 1.29 is 7.48 Å². The number of ether oxygens (including phenoxy) is 1. The quantitative estimate of drug-likeness (QED) is 0.162. The summed E-state index contributed by atoms with van der Waals surface area (Å²) in [5.41, 5.74) is 9.57. The van der Waals surface area contributed by atoms with Crippen LogP contribution in [0.1, 0.15) is 107 Å². The minimum atomic E-state index is -0.199. The Bertz CT molecular complexity index is 2750. The van der Waals surface area contributed by atoms with E-state index in [1.165, 1.54) is 27.8 Å². The molecule has 296 valence electrons. The molecule has 0 amide bonds. The zero-order chi connectivity index (χ0) is 42.9. The average molecular weight is 769 g/mol. The maximum atomic E-state index is 9.09. The minimum Gasteiger partial charge on any atom is -0.457 e. The van der Waals surface area contributed by atoms with E-state index in [0.29, 0.717) is 18.2 Å². The summed E-state index contributed by atoms with van der Waals surface area (Å²) in [6, 6.07) is 42.6. The van der Waals surface area contributed by atoms with Crippen molar-refractivity contribution in [2.45, 2.75) is 97.8 Å². The van der Waals surface area contributed by atoms with Crippen LogP contribution in [0.4, 0.5) is 11.4 Å². The lowest BCUT2D eigenvalue weighted by molar-refractivity contribution is 0.483. The molecule has 0 fully saturated rings. The number of nitrogens with zero attached hydrogens (tertiary/aromatic N) is 4. The third-order valence-corrected chi connectivity index (χ3v) is 11.7. The Labute approximate surface area is 348 Å². The number of anilines is 2. The summed E-state index contributed by atoms with van der Waals surface area (Å²) < 4.78 is 27.1. The Balaban J connectivity index is 1.17. The highest BCUT2D eigenvalue weighted by Gasteiger charge is 2.27. The lowest BCUT2D eigenvalue weighted by Gasteiger charge is -2.29. The van der Waals surface area contributed by atoms with E-state index in [4.69, 9.17) is 12.5 Å². The number of pyridine rings is 1. The van der Waals surface area contributed by atoms with Gasteiger partial charge in [-0.15, -0.1) is 0 Å². The Morgan fingerprint density at radius 3 is 1.83 bits per heavy atom. The number of rotatable bonds is 7. The number of aromatic nitrogens is 2. The van der Waals surface area contributed by atoms with Crippen molar-refractivity contribution in [3.05, 3.63) is 168 Å². The van der Waals surface area contributed by atoms with Crippen molar-refractivity contribution in [3.63, 3.8) is 0 Å². The summed E-state index contributed by atoms with van der Waals surface area (Å²) in [7, 11) is 0. The number of hydrogen-bond donors (Lipinski definition) is 0. The van der Waals surface area contributed by atoms with Gasteiger partial charge in [0.25, 0.3) is 0 Å². The van der Waals surface area contributed by atoms with Crippen LogP contribution in [-0.4, -0.2) is 16.2 Å². The molecule has 8 rings (SSSR count). The fourth-order valence-corrected chi connectivity index (χ4v) is 7.84. The van der Waals surface area contributed by atoms with E-state index in [-0.39, 0.29) is 34.0 Å². The maximum absolute atomic E-state index is 9.09. The maximum Gasteiger partial charge on any atom is 0.137 e. The van der Waals surface area contributed by atoms with Gasteiger partial charge in [-0.1, -0.05) is 125 Å². The van der Waals surface area contributed by atoms with Gasteiger partial charge in [-0.05, 0) is 105 Å². The predicted octanol–water partition coefficient (Wildman–Crippen LogP) is 13.9. The largest absolute Gasteiger partial charge is 0.457 e. The van der Waals surface area contributed by atoms with Gasteiger partial charge in [0.1, 0.15) is 17.3 Å². The minimum absolute atomic E-state index is 0.0460. The molecule has 0 aliphatic carbocycles. The van der Waals surface area contributed by atoms with Gasteiger partial charge in [0, 0.05) is 58.2 Å². The Kier molecular flexibility index (Phi) is 8.96. The summed E-state index contributed by atoms with van der Waals surface area (Å²) in [6.45, 7) is 24.9. The molecule has 0 N–H and O–H groups in total. The van der Waals surface area contributed by atoms with Crippen molar-refractivity contribution in [2.75, 3.05) is 16.5 Å². The third kappa shape index (κ3) is 7.51. The second kappa shape index (κ2) is 14.2. The highest BCUT2D eigenvalue weighted by Crippen LogP contribution is 2.41. The zero-order valence-electron chi connectivity index (χ0n) is 38.0. The van der Waals surface area contributed by atoms with Crippen molar-refractivity contribution in [3.8, 4) is 17.3 Å².